The molecule has 2 amide bonds. The van der Waals surface area contributed by atoms with Gasteiger partial charge in [0.2, 0.25) is 5.91 Å². The third-order valence-electron chi connectivity index (χ3n) is 3.66. The molecule has 1 aromatic rings. The molecule has 2 N–H and O–H groups in total. The van der Waals surface area contributed by atoms with E-state index in [0.717, 1.165) is 12.8 Å². The lowest BCUT2D eigenvalue weighted by atomic mass is 9.95. The lowest BCUT2D eigenvalue weighted by molar-refractivity contribution is -0.120. The van der Waals surface area contributed by atoms with Crippen LogP contribution in [0.3, 0.4) is 0 Å². The van der Waals surface area contributed by atoms with Crippen LogP contribution in [0.5, 0.6) is 0 Å². The molecule has 0 bridgehead atoms. The van der Waals surface area contributed by atoms with Crippen molar-refractivity contribution in [2.45, 2.75) is 51.5 Å². The first-order valence-corrected chi connectivity index (χ1v) is 7.68. The predicted octanol–water partition coefficient (Wildman–Crippen LogP) is 2.03. The van der Waals surface area contributed by atoms with Crippen molar-refractivity contribution in [3.8, 4) is 0 Å². The number of nitrogens with one attached hydrogen (secondary N) is 2. The van der Waals surface area contributed by atoms with Gasteiger partial charge in [0.1, 0.15) is 0 Å². The Bertz CT molecular complexity index is 536. The Morgan fingerprint density at radius 3 is 2.77 bits per heavy atom. The predicted molar refractivity (Wildman–Crippen MR) is 84.4 cm³/mol. The maximum Gasteiger partial charge on any atom is 0.272 e. The average Bonchev–Trinajstić information content (AvgIpc) is 2.54. The number of hydrogen-bond acceptors (Lipinski definition) is 4. The van der Waals surface area contributed by atoms with Crippen molar-refractivity contribution in [3.05, 3.63) is 30.1 Å². The molecule has 0 radical (unpaired) electrons. The fraction of sp³-hybridized carbons (Fsp3) is 0.500. The van der Waals surface area contributed by atoms with E-state index >= 15 is 0 Å². The zero-order valence-electron chi connectivity index (χ0n) is 12.8. The molecule has 0 atom stereocenters. The number of amides is 2. The smallest absolute Gasteiger partial charge is 0.272 e. The number of hydrazone groups is 1. The van der Waals surface area contributed by atoms with Crippen LogP contribution in [-0.2, 0) is 4.79 Å². The summed E-state index contributed by atoms with van der Waals surface area (Å²) < 4.78 is 0. The summed E-state index contributed by atoms with van der Waals surface area (Å²) in [6.45, 7) is 1.73. The van der Waals surface area contributed by atoms with Gasteiger partial charge in [0.05, 0.1) is 12.0 Å². The molecule has 2 rings (SSSR count). The molecule has 22 heavy (non-hydrogen) atoms. The van der Waals surface area contributed by atoms with Crippen molar-refractivity contribution < 1.29 is 9.59 Å². The van der Waals surface area contributed by atoms with Crippen molar-refractivity contribution in [3.63, 3.8) is 0 Å². The van der Waals surface area contributed by atoms with E-state index in [2.05, 4.69) is 20.8 Å². The van der Waals surface area contributed by atoms with Crippen LogP contribution >= 0.6 is 0 Å². The Hall–Kier alpha value is -2.24. The maximum absolute atomic E-state index is 11.9. The summed E-state index contributed by atoms with van der Waals surface area (Å²) in [5.41, 5.74) is 3.45. The number of rotatable bonds is 5. The molecule has 0 spiro atoms. The van der Waals surface area contributed by atoms with Crippen molar-refractivity contribution in [2.24, 2.45) is 5.10 Å². The number of hydrogen-bond donors (Lipinski definition) is 2. The Labute approximate surface area is 130 Å². The van der Waals surface area contributed by atoms with Crippen LogP contribution in [0.15, 0.2) is 29.6 Å². The van der Waals surface area contributed by atoms with E-state index in [1.165, 1.54) is 25.5 Å². The van der Waals surface area contributed by atoms with Crippen LogP contribution in [-0.4, -0.2) is 28.6 Å². The molecular weight excluding hydrogens is 280 g/mol. The Balaban J connectivity index is 1.77. The normalized spacial score (nSPS) is 16.1. The van der Waals surface area contributed by atoms with Crippen LogP contribution in [0, 0.1) is 0 Å². The molecule has 6 heteroatoms. The molecule has 0 unspecified atom stereocenters. The first kappa shape index (κ1) is 16.1. The number of carbonyl (C=O) groups excluding carboxylic acids is 2. The second-order valence-corrected chi connectivity index (χ2v) is 5.61. The maximum atomic E-state index is 11.9. The molecular formula is C16H22N4O2. The summed E-state index contributed by atoms with van der Waals surface area (Å²) in [6.07, 6.45) is 8.99. The fourth-order valence-corrected chi connectivity index (χ4v) is 2.51. The van der Waals surface area contributed by atoms with Crippen molar-refractivity contribution in [1.82, 2.24) is 15.7 Å². The summed E-state index contributed by atoms with van der Waals surface area (Å²) in [4.78, 5) is 27.6. The van der Waals surface area contributed by atoms with Gasteiger partial charge in [-0.05, 0) is 31.9 Å². The third-order valence-corrected chi connectivity index (χ3v) is 3.66. The van der Waals surface area contributed by atoms with Crippen molar-refractivity contribution in [1.29, 1.82) is 0 Å². The van der Waals surface area contributed by atoms with E-state index in [1.54, 1.807) is 25.3 Å². The third kappa shape index (κ3) is 5.27. The minimum Gasteiger partial charge on any atom is -0.353 e. The lowest BCUT2D eigenvalue weighted by Gasteiger charge is -2.22. The average molecular weight is 302 g/mol. The van der Waals surface area contributed by atoms with E-state index < -0.39 is 0 Å². The van der Waals surface area contributed by atoms with Gasteiger partial charge in [-0.1, -0.05) is 19.3 Å². The first-order valence-electron chi connectivity index (χ1n) is 7.68. The van der Waals surface area contributed by atoms with Crippen LogP contribution in [0.1, 0.15) is 55.8 Å². The van der Waals surface area contributed by atoms with Crippen LogP contribution < -0.4 is 10.7 Å². The molecule has 1 heterocycles. The largest absolute Gasteiger partial charge is 0.353 e. The summed E-state index contributed by atoms with van der Waals surface area (Å²) in [7, 11) is 0. The van der Waals surface area contributed by atoms with Crippen LogP contribution in [0.4, 0.5) is 0 Å². The van der Waals surface area contributed by atoms with Gasteiger partial charge in [0, 0.05) is 24.1 Å². The highest BCUT2D eigenvalue weighted by atomic mass is 16.2. The van der Waals surface area contributed by atoms with Gasteiger partial charge in [-0.15, -0.1) is 0 Å². The van der Waals surface area contributed by atoms with E-state index in [1.807, 2.05) is 0 Å². The highest BCUT2D eigenvalue weighted by Crippen LogP contribution is 2.17. The second kappa shape index (κ2) is 8.26. The second-order valence-electron chi connectivity index (χ2n) is 5.61. The van der Waals surface area contributed by atoms with Crippen molar-refractivity contribution in [2.75, 3.05) is 0 Å². The molecule has 1 fully saturated rings. The number of carbonyl (C=O) groups is 2. The molecule has 0 saturated heterocycles. The quantitative estimate of drug-likeness (QED) is 0.645. The SMILES string of the molecule is C/C(CC(=O)NC1CCCCC1)=N\NC(=O)c1cccnc1. The topological polar surface area (TPSA) is 83.5 Å². The minimum atomic E-state index is -0.333. The Morgan fingerprint density at radius 1 is 1.32 bits per heavy atom. The molecule has 1 aromatic heterocycles. The minimum absolute atomic E-state index is 0.0382. The van der Waals surface area contributed by atoms with Crippen molar-refractivity contribution >= 4 is 17.5 Å². The van der Waals surface area contributed by atoms with E-state index in [4.69, 9.17) is 0 Å². The van der Waals surface area contributed by atoms with Gasteiger partial charge in [0.15, 0.2) is 0 Å². The highest BCUT2D eigenvalue weighted by Gasteiger charge is 2.16. The number of pyridine rings is 1. The Morgan fingerprint density at radius 2 is 2.09 bits per heavy atom. The van der Waals surface area contributed by atoms with Gasteiger partial charge in [-0.3, -0.25) is 14.6 Å². The van der Waals surface area contributed by atoms with Gasteiger partial charge in [-0.2, -0.15) is 5.10 Å². The lowest BCUT2D eigenvalue weighted by Crippen LogP contribution is -2.37. The first-order chi connectivity index (χ1) is 10.6. The van der Waals surface area contributed by atoms with E-state index in [9.17, 15) is 9.59 Å². The molecule has 6 nitrogen and oxygen atoms in total. The monoisotopic (exact) mass is 302 g/mol. The summed E-state index contributed by atoms with van der Waals surface area (Å²) in [5.74, 6) is -0.371. The van der Waals surface area contributed by atoms with E-state index in [0.29, 0.717) is 17.3 Å². The summed E-state index contributed by atoms with van der Waals surface area (Å²) >= 11 is 0. The Kier molecular flexibility index (Phi) is 6.06. The van der Waals surface area contributed by atoms with Gasteiger partial charge >= 0.3 is 0 Å². The van der Waals surface area contributed by atoms with E-state index in [-0.39, 0.29) is 18.2 Å². The zero-order chi connectivity index (χ0) is 15.8. The van der Waals surface area contributed by atoms with Crippen LogP contribution in [0.2, 0.25) is 0 Å². The summed E-state index contributed by atoms with van der Waals surface area (Å²) in [5, 5.41) is 6.99. The van der Waals surface area contributed by atoms with Gasteiger partial charge in [0.25, 0.3) is 5.91 Å². The molecule has 1 aliphatic carbocycles. The van der Waals surface area contributed by atoms with Gasteiger partial charge in [-0.25, -0.2) is 5.43 Å². The van der Waals surface area contributed by atoms with Gasteiger partial charge < -0.3 is 5.32 Å². The molecule has 1 saturated carbocycles. The highest BCUT2D eigenvalue weighted by molar-refractivity contribution is 6.01. The summed E-state index contributed by atoms with van der Waals surface area (Å²) in [6, 6.07) is 3.63. The molecule has 1 aliphatic rings. The number of nitrogens with zero attached hydrogens (tertiary/aromatic N) is 2. The zero-order valence-corrected chi connectivity index (χ0v) is 12.8. The fourth-order valence-electron chi connectivity index (χ4n) is 2.51. The number of aromatic nitrogens is 1. The van der Waals surface area contributed by atoms with Crippen LogP contribution in [0.25, 0.3) is 0 Å². The standard InChI is InChI=1S/C16H22N4O2/c1-12(10-15(21)18-14-7-3-2-4-8-14)19-20-16(22)13-6-5-9-17-11-13/h5-6,9,11,14H,2-4,7-8,10H2,1H3,(H,18,21)(H,20,22)/b19-12+. The molecule has 0 aliphatic heterocycles. The molecule has 0 aromatic carbocycles. The molecule has 118 valence electrons.